The molecule has 0 bridgehead atoms. The van der Waals surface area contributed by atoms with Crippen molar-refractivity contribution in [2.75, 3.05) is 11.5 Å². The first-order valence-corrected chi connectivity index (χ1v) is 9.98. The van der Waals surface area contributed by atoms with Gasteiger partial charge in [-0.15, -0.1) is 0 Å². The van der Waals surface area contributed by atoms with Crippen LogP contribution in [0.15, 0.2) is 48.5 Å². The molecule has 2 aromatic carbocycles. The minimum atomic E-state index is -0.464. The Balaban J connectivity index is 1.70. The third-order valence-electron chi connectivity index (χ3n) is 4.83. The average Bonchev–Trinajstić information content (AvgIpc) is 2.65. The average molecular weight is 382 g/mol. The van der Waals surface area contributed by atoms with E-state index in [2.05, 4.69) is 0 Å². The van der Waals surface area contributed by atoms with Crippen molar-refractivity contribution in [2.24, 2.45) is 23.3 Å². The summed E-state index contributed by atoms with van der Waals surface area (Å²) in [6, 6.07) is 14.3. The van der Waals surface area contributed by atoms with Crippen molar-refractivity contribution in [3.63, 3.8) is 0 Å². The van der Waals surface area contributed by atoms with Crippen molar-refractivity contribution in [1.82, 2.24) is 0 Å². The number of ketones is 1. The highest BCUT2D eigenvalue weighted by atomic mass is 32.2. The molecule has 1 saturated heterocycles. The van der Waals surface area contributed by atoms with Gasteiger partial charge < -0.3 is 11.5 Å². The summed E-state index contributed by atoms with van der Waals surface area (Å²) >= 11 is 1.77. The number of hydrogen-bond acceptors (Lipinski definition) is 4. The Morgan fingerprint density at radius 1 is 0.852 bits per heavy atom. The molecule has 3 rings (SSSR count). The predicted octanol–water partition coefficient (Wildman–Crippen LogP) is 2.22. The molecule has 4 N–H and O–H groups in total. The molecule has 2 atom stereocenters. The number of Topliss-reactive ketones (excluding diaryl/α,β-unsaturated/α-hetero) is 1. The van der Waals surface area contributed by atoms with Crippen LogP contribution in [0.1, 0.15) is 31.8 Å². The molecule has 1 aliphatic rings. The largest absolute Gasteiger partial charge is 0.366 e. The summed E-state index contributed by atoms with van der Waals surface area (Å²) < 4.78 is 0. The lowest BCUT2D eigenvalue weighted by Crippen LogP contribution is -2.34. The molecule has 5 nitrogen and oxygen atoms in total. The van der Waals surface area contributed by atoms with Gasteiger partial charge in [-0.2, -0.15) is 11.8 Å². The Hall–Kier alpha value is -2.60. The van der Waals surface area contributed by atoms with Crippen LogP contribution in [0.3, 0.4) is 0 Å². The van der Waals surface area contributed by atoms with E-state index in [1.165, 1.54) is 0 Å². The zero-order valence-electron chi connectivity index (χ0n) is 14.9. The van der Waals surface area contributed by atoms with Gasteiger partial charge >= 0.3 is 0 Å². The second-order valence-electron chi connectivity index (χ2n) is 6.87. The van der Waals surface area contributed by atoms with Crippen LogP contribution in [-0.4, -0.2) is 29.1 Å². The van der Waals surface area contributed by atoms with Crippen LogP contribution >= 0.6 is 11.8 Å². The van der Waals surface area contributed by atoms with Gasteiger partial charge in [-0.1, -0.05) is 24.3 Å². The van der Waals surface area contributed by atoms with Crippen molar-refractivity contribution in [3.05, 3.63) is 70.8 Å². The standard InChI is InChI=1S/C21H22N2O3S/c22-20(25)15-5-1-3-13(7-15)9-17-11-27-12-18(19(17)24)10-14-4-2-6-16(8-14)21(23)26/h1-8,17-18H,9-12H2,(H2,22,25)(H2,23,26). The number of thioether (sulfide) groups is 1. The van der Waals surface area contributed by atoms with Crippen molar-refractivity contribution in [3.8, 4) is 0 Å². The predicted molar refractivity (Wildman–Crippen MR) is 107 cm³/mol. The smallest absolute Gasteiger partial charge is 0.248 e. The van der Waals surface area contributed by atoms with Crippen LogP contribution in [-0.2, 0) is 17.6 Å². The topological polar surface area (TPSA) is 103 Å². The van der Waals surface area contributed by atoms with Gasteiger partial charge in [-0.25, -0.2) is 0 Å². The van der Waals surface area contributed by atoms with Gasteiger partial charge in [-0.05, 0) is 48.2 Å². The number of carbonyl (C=O) groups is 3. The van der Waals surface area contributed by atoms with Crippen LogP contribution in [0.4, 0.5) is 0 Å². The van der Waals surface area contributed by atoms with E-state index in [-0.39, 0.29) is 17.6 Å². The Labute approximate surface area is 162 Å². The summed E-state index contributed by atoms with van der Waals surface area (Å²) in [6.45, 7) is 0. The summed E-state index contributed by atoms with van der Waals surface area (Å²) in [6.07, 6.45) is 1.20. The number of benzene rings is 2. The molecule has 0 aromatic heterocycles. The van der Waals surface area contributed by atoms with Crippen molar-refractivity contribution >= 4 is 29.4 Å². The number of nitrogens with two attached hydrogens (primary N) is 2. The minimum Gasteiger partial charge on any atom is -0.366 e. The van der Waals surface area contributed by atoms with Crippen molar-refractivity contribution in [2.45, 2.75) is 12.8 Å². The van der Waals surface area contributed by atoms with Gasteiger partial charge in [0.25, 0.3) is 0 Å². The number of amides is 2. The van der Waals surface area contributed by atoms with Crippen molar-refractivity contribution in [1.29, 1.82) is 0 Å². The Kier molecular flexibility index (Phi) is 5.96. The van der Waals surface area contributed by atoms with Crippen LogP contribution in [0, 0.1) is 11.8 Å². The molecule has 2 amide bonds. The minimum absolute atomic E-state index is 0.0869. The first kappa shape index (κ1) is 19.2. The molecule has 0 radical (unpaired) electrons. The van der Waals surface area contributed by atoms with E-state index in [0.717, 1.165) is 22.6 Å². The first-order chi connectivity index (χ1) is 12.9. The van der Waals surface area contributed by atoms with E-state index in [4.69, 9.17) is 11.5 Å². The molecule has 6 heteroatoms. The number of primary amides is 2. The molecule has 1 heterocycles. The fourth-order valence-electron chi connectivity index (χ4n) is 3.44. The van der Waals surface area contributed by atoms with Gasteiger partial charge in [0.2, 0.25) is 11.8 Å². The monoisotopic (exact) mass is 382 g/mol. The summed E-state index contributed by atoms with van der Waals surface area (Å²) in [5.74, 6) is 0.687. The SMILES string of the molecule is NC(=O)c1cccc(CC2CSCC(Cc3cccc(C(N)=O)c3)C2=O)c1. The number of rotatable bonds is 6. The molecule has 0 aliphatic carbocycles. The Morgan fingerprint density at radius 3 is 1.70 bits per heavy atom. The molecule has 0 spiro atoms. The third kappa shape index (κ3) is 4.77. The highest BCUT2D eigenvalue weighted by molar-refractivity contribution is 7.99. The van der Waals surface area contributed by atoms with Crippen LogP contribution in [0.2, 0.25) is 0 Å². The molecular weight excluding hydrogens is 360 g/mol. The summed E-state index contributed by atoms with van der Waals surface area (Å²) in [5, 5.41) is 0. The summed E-state index contributed by atoms with van der Waals surface area (Å²) in [4.78, 5) is 35.7. The Bertz CT molecular complexity index is 812. The highest BCUT2D eigenvalue weighted by Crippen LogP contribution is 2.29. The molecule has 1 aliphatic heterocycles. The fraction of sp³-hybridized carbons (Fsp3) is 0.286. The molecule has 27 heavy (non-hydrogen) atoms. The van der Waals surface area contributed by atoms with Gasteiger partial charge in [0.1, 0.15) is 5.78 Å². The molecule has 2 aromatic rings. The second-order valence-corrected chi connectivity index (χ2v) is 7.95. The normalized spacial score (nSPS) is 19.6. The van der Waals surface area contributed by atoms with Crippen LogP contribution in [0.5, 0.6) is 0 Å². The lowest BCUT2D eigenvalue weighted by molar-refractivity contribution is -0.125. The highest BCUT2D eigenvalue weighted by Gasteiger charge is 2.31. The second kappa shape index (κ2) is 8.39. The maximum absolute atomic E-state index is 13.0. The molecule has 140 valence electrons. The zero-order chi connectivity index (χ0) is 19.4. The lowest BCUT2D eigenvalue weighted by atomic mass is 9.85. The number of carbonyl (C=O) groups excluding carboxylic acids is 3. The first-order valence-electron chi connectivity index (χ1n) is 8.83. The number of hydrogen-bond donors (Lipinski definition) is 2. The van der Waals surface area contributed by atoms with Gasteiger partial charge in [-0.3, -0.25) is 14.4 Å². The summed E-state index contributed by atoms with van der Waals surface area (Å²) in [5.41, 5.74) is 13.5. The van der Waals surface area contributed by atoms with Crippen molar-refractivity contribution < 1.29 is 14.4 Å². The maximum Gasteiger partial charge on any atom is 0.248 e. The van der Waals surface area contributed by atoms with Crippen LogP contribution in [0.25, 0.3) is 0 Å². The fourth-order valence-corrected chi connectivity index (χ4v) is 4.71. The van der Waals surface area contributed by atoms with E-state index < -0.39 is 11.8 Å². The quantitative estimate of drug-likeness (QED) is 0.799. The van der Waals surface area contributed by atoms with E-state index in [1.807, 2.05) is 12.1 Å². The van der Waals surface area contributed by atoms with Gasteiger partial charge in [0.05, 0.1) is 0 Å². The zero-order valence-corrected chi connectivity index (χ0v) is 15.7. The van der Waals surface area contributed by atoms with E-state index in [0.29, 0.717) is 24.0 Å². The Morgan fingerprint density at radius 2 is 1.30 bits per heavy atom. The molecule has 1 fully saturated rings. The summed E-state index contributed by atoms with van der Waals surface area (Å²) in [7, 11) is 0. The lowest BCUT2D eigenvalue weighted by Gasteiger charge is -2.28. The van der Waals surface area contributed by atoms with E-state index in [1.54, 1.807) is 48.2 Å². The van der Waals surface area contributed by atoms with Gasteiger partial charge in [0.15, 0.2) is 0 Å². The van der Waals surface area contributed by atoms with E-state index in [9.17, 15) is 14.4 Å². The van der Waals surface area contributed by atoms with E-state index >= 15 is 0 Å². The molecule has 2 unspecified atom stereocenters. The van der Waals surface area contributed by atoms with Gasteiger partial charge in [0, 0.05) is 34.5 Å². The molecule has 0 saturated carbocycles. The molecular formula is C21H22N2O3S. The maximum atomic E-state index is 13.0. The third-order valence-corrected chi connectivity index (χ3v) is 6.11. The van der Waals surface area contributed by atoms with Crippen LogP contribution < -0.4 is 11.5 Å².